The minimum Gasteiger partial charge on any atom is -0.385 e. The lowest BCUT2D eigenvalue weighted by molar-refractivity contribution is 0.785. The number of rotatable bonds is 0. The first-order valence-electron chi connectivity index (χ1n) is 4.67. The maximum Gasteiger partial charge on any atom is 0.0995 e. The molecule has 2 heteroatoms. The fourth-order valence-electron chi connectivity index (χ4n) is 1.78. The van der Waals surface area contributed by atoms with Crippen LogP contribution in [-0.4, -0.2) is 6.54 Å². The molecule has 2 nitrogen and oxygen atoms in total. The predicted octanol–water partition coefficient (Wildman–Crippen LogP) is 2.31. The van der Waals surface area contributed by atoms with Crippen LogP contribution in [0.15, 0.2) is 18.2 Å². The van der Waals surface area contributed by atoms with Crippen LogP contribution in [-0.2, 0) is 6.42 Å². The summed E-state index contributed by atoms with van der Waals surface area (Å²) in [5.41, 5.74) is 3.17. The lowest BCUT2D eigenvalue weighted by Crippen LogP contribution is -2.00. The molecule has 0 radical (unpaired) electrons. The number of nitrogens with zero attached hydrogens (tertiary/aromatic N) is 1. The van der Waals surface area contributed by atoms with E-state index < -0.39 is 0 Å². The van der Waals surface area contributed by atoms with Crippen molar-refractivity contribution in [1.82, 2.24) is 0 Å². The number of fused-ring (bicyclic) bond motifs is 1. The standard InChI is InChI=1S/C11H12N2/c12-8-9-4-3-6-11-10(9)5-1-2-7-13-11/h3-4,6,13H,1-2,5,7H2. The molecule has 13 heavy (non-hydrogen) atoms. The third-order valence-electron chi connectivity index (χ3n) is 2.47. The second-order valence-electron chi connectivity index (χ2n) is 3.33. The molecule has 0 saturated heterocycles. The fraction of sp³-hybridized carbons (Fsp3) is 0.364. The third kappa shape index (κ3) is 1.50. The summed E-state index contributed by atoms with van der Waals surface area (Å²) < 4.78 is 0. The van der Waals surface area contributed by atoms with E-state index >= 15 is 0 Å². The number of hydrogen-bond donors (Lipinski definition) is 1. The van der Waals surface area contributed by atoms with Gasteiger partial charge in [0.15, 0.2) is 0 Å². The largest absolute Gasteiger partial charge is 0.385 e. The van der Waals surface area contributed by atoms with Gasteiger partial charge in [-0.3, -0.25) is 0 Å². The van der Waals surface area contributed by atoms with Gasteiger partial charge in [-0.25, -0.2) is 0 Å². The molecule has 0 bridgehead atoms. The molecule has 0 unspecified atom stereocenters. The molecular formula is C11H12N2. The highest BCUT2D eigenvalue weighted by atomic mass is 14.9. The molecule has 0 fully saturated rings. The van der Waals surface area contributed by atoms with Crippen LogP contribution in [0.3, 0.4) is 0 Å². The smallest absolute Gasteiger partial charge is 0.0995 e. The van der Waals surface area contributed by atoms with Crippen LogP contribution in [0.25, 0.3) is 0 Å². The van der Waals surface area contributed by atoms with Crippen LogP contribution < -0.4 is 5.32 Å². The molecule has 0 spiro atoms. The van der Waals surface area contributed by atoms with Gasteiger partial charge >= 0.3 is 0 Å². The van der Waals surface area contributed by atoms with Crippen molar-refractivity contribution in [3.8, 4) is 6.07 Å². The Bertz CT molecular complexity index is 350. The van der Waals surface area contributed by atoms with Gasteiger partial charge in [0.05, 0.1) is 11.6 Å². The molecule has 66 valence electrons. The zero-order valence-corrected chi connectivity index (χ0v) is 7.51. The zero-order chi connectivity index (χ0) is 9.10. The van der Waals surface area contributed by atoms with Gasteiger partial charge in [-0.2, -0.15) is 5.26 Å². The van der Waals surface area contributed by atoms with Crippen molar-refractivity contribution < 1.29 is 0 Å². The molecule has 1 aliphatic heterocycles. The van der Waals surface area contributed by atoms with Gasteiger partial charge in [0, 0.05) is 12.2 Å². The number of hydrogen-bond acceptors (Lipinski definition) is 2. The van der Waals surface area contributed by atoms with Crippen LogP contribution in [0.5, 0.6) is 0 Å². The highest BCUT2D eigenvalue weighted by molar-refractivity contribution is 5.58. The number of nitriles is 1. The molecule has 0 atom stereocenters. The van der Waals surface area contributed by atoms with Gasteiger partial charge in [-0.15, -0.1) is 0 Å². The van der Waals surface area contributed by atoms with Crippen LogP contribution in [0, 0.1) is 11.3 Å². The number of anilines is 1. The van der Waals surface area contributed by atoms with Gasteiger partial charge in [0.25, 0.3) is 0 Å². The van der Waals surface area contributed by atoms with Gasteiger partial charge in [-0.05, 0) is 37.0 Å². The Kier molecular flexibility index (Phi) is 2.18. The molecule has 1 N–H and O–H groups in total. The zero-order valence-electron chi connectivity index (χ0n) is 7.51. The summed E-state index contributed by atoms with van der Waals surface area (Å²) in [4.78, 5) is 0. The summed E-state index contributed by atoms with van der Waals surface area (Å²) in [6.07, 6.45) is 3.41. The summed E-state index contributed by atoms with van der Waals surface area (Å²) >= 11 is 0. The fourth-order valence-corrected chi connectivity index (χ4v) is 1.78. The summed E-state index contributed by atoms with van der Waals surface area (Å²) in [6, 6.07) is 8.13. The average Bonchev–Trinajstić information content (AvgIpc) is 2.41. The highest BCUT2D eigenvalue weighted by Crippen LogP contribution is 2.24. The summed E-state index contributed by atoms with van der Waals surface area (Å²) in [6.45, 7) is 1.03. The Morgan fingerprint density at radius 2 is 2.23 bits per heavy atom. The molecule has 0 aromatic heterocycles. The van der Waals surface area contributed by atoms with Crippen molar-refractivity contribution in [1.29, 1.82) is 5.26 Å². The quantitative estimate of drug-likeness (QED) is 0.651. The van der Waals surface area contributed by atoms with Crippen molar-refractivity contribution in [3.05, 3.63) is 29.3 Å². The summed E-state index contributed by atoms with van der Waals surface area (Å²) in [5.74, 6) is 0. The van der Waals surface area contributed by atoms with Crippen molar-refractivity contribution in [3.63, 3.8) is 0 Å². The second-order valence-corrected chi connectivity index (χ2v) is 3.33. The molecule has 0 amide bonds. The first kappa shape index (κ1) is 8.12. The Balaban J connectivity index is 2.47. The molecular weight excluding hydrogens is 160 g/mol. The predicted molar refractivity (Wildman–Crippen MR) is 52.6 cm³/mol. The van der Waals surface area contributed by atoms with E-state index in [0.717, 1.165) is 24.2 Å². The molecule has 1 aliphatic rings. The first-order chi connectivity index (χ1) is 6.42. The monoisotopic (exact) mass is 172 g/mol. The minimum atomic E-state index is 0.826. The van der Waals surface area contributed by atoms with E-state index in [0.29, 0.717) is 0 Å². The molecule has 0 aliphatic carbocycles. The summed E-state index contributed by atoms with van der Waals surface area (Å²) in [7, 11) is 0. The van der Waals surface area contributed by atoms with E-state index in [1.165, 1.54) is 18.4 Å². The maximum atomic E-state index is 8.91. The minimum absolute atomic E-state index is 0.826. The second kappa shape index (κ2) is 3.49. The van der Waals surface area contributed by atoms with Crippen LogP contribution in [0.2, 0.25) is 0 Å². The lowest BCUT2D eigenvalue weighted by atomic mass is 10.0. The average molecular weight is 172 g/mol. The SMILES string of the molecule is N#Cc1cccc2c1CCCCN2. The Hall–Kier alpha value is -1.49. The number of benzene rings is 1. The van der Waals surface area contributed by atoms with Crippen molar-refractivity contribution >= 4 is 5.69 Å². The van der Waals surface area contributed by atoms with E-state index in [9.17, 15) is 0 Å². The lowest BCUT2D eigenvalue weighted by Gasteiger charge is -2.07. The molecule has 1 heterocycles. The topological polar surface area (TPSA) is 35.8 Å². The van der Waals surface area contributed by atoms with Crippen LogP contribution in [0.4, 0.5) is 5.69 Å². The Morgan fingerprint density at radius 3 is 3.08 bits per heavy atom. The van der Waals surface area contributed by atoms with Crippen molar-refractivity contribution in [2.45, 2.75) is 19.3 Å². The van der Waals surface area contributed by atoms with Crippen LogP contribution in [0.1, 0.15) is 24.0 Å². The molecule has 1 aromatic carbocycles. The molecule has 0 saturated carbocycles. The van der Waals surface area contributed by atoms with E-state index in [1.54, 1.807) is 0 Å². The van der Waals surface area contributed by atoms with E-state index in [2.05, 4.69) is 17.5 Å². The maximum absolute atomic E-state index is 8.91. The third-order valence-corrected chi connectivity index (χ3v) is 2.47. The normalized spacial score (nSPS) is 15.0. The van der Waals surface area contributed by atoms with Gasteiger partial charge < -0.3 is 5.32 Å². The van der Waals surface area contributed by atoms with Gasteiger partial charge in [-0.1, -0.05) is 6.07 Å². The first-order valence-corrected chi connectivity index (χ1v) is 4.67. The van der Waals surface area contributed by atoms with Crippen molar-refractivity contribution in [2.24, 2.45) is 0 Å². The van der Waals surface area contributed by atoms with Gasteiger partial charge in [0.1, 0.15) is 0 Å². The van der Waals surface area contributed by atoms with Gasteiger partial charge in [0.2, 0.25) is 0 Å². The molecule has 2 rings (SSSR count). The highest BCUT2D eigenvalue weighted by Gasteiger charge is 2.10. The Labute approximate surface area is 78.2 Å². The van der Waals surface area contributed by atoms with E-state index in [1.807, 2.05) is 12.1 Å². The Morgan fingerprint density at radius 1 is 1.31 bits per heavy atom. The number of nitrogens with one attached hydrogen (secondary N) is 1. The van der Waals surface area contributed by atoms with E-state index in [-0.39, 0.29) is 0 Å². The van der Waals surface area contributed by atoms with Crippen molar-refractivity contribution in [2.75, 3.05) is 11.9 Å². The summed E-state index contributed by atoms with van der Waals surface area (Å²) in [5, 5.41) is 12.3. The van der Waals surface area contributed by atoms with Crippen LogP contribution >= 0.6 is 0 Å². The molecule has 1 aromatic rings. The van der Waals surface area contributed by atoms with E-state index in [4.69, 9.17) is 5.26 Å².